The fourth-order valence-corrected chi connectivity index (χ4v) is 2.42. The summed E-state index contributed by atoms with van der Waals surface area (Å²) in [6, 6.07) is 19.2. The summed E-state index contributed by atoms with van der Waals surface area (Å²) in [6.07, 6.45) is 1.01. The van der Waals surface area contributed by atoms with E-state index in [2.05, 4.69) is 0 Å². The second-order valence-corrected chi connectivity index (χ2v) is 5.31. The molecule has 24 heavy (non-hydrogen) atoms. The molecule has 1 atom stereocenters. The van der Waals surface area contributed by atoms with Crippen molar-refractivity contribution in [3.05, 3.63) is 95.4 Å². The van der Waals surface area contributed by atoms with Gasteiger partial charge in [0.15, 0.2) is 5.76 Å². The van der Waals surface area contributed by atoms with Gasteiger partial charge in [0.2, 0.25) is 5.78 Å². The SMILES string of the molecule is CC(OC(=O)c1ccccc1C(=O)c1ccco1)c1ccccc1. The molecule has 0 aliphatic heterocycles. The Morgan fingerprint density at radius 2 is 1.54 bits per heavy atom. The summed E-state index contributed by atoms with van der Waals surface area (Å²) in [5.74, 6) is -0.701. The van der Waals surface area contributed by atoms with Crippen LogP contribution in [-0.2, 0) is 4.74 Å². The zero-order valence-electron chi connectivity index (χ0n) is 13.1. The van der Waals surface area contributed by atoms with Crippen LogP contribution in [0.1, 0.15) is 45.1 Å². The Kier molecular flexibility index (Phi) is 4.57. The average Bonchev–Trinajstić information content (AvgIpc) is 3.16. The van der Waals surface area contributed by atoms with Crippen molar-refractivity contribution in [1.29, 1.82) is 0 Å². The third-order valence-electron chi connectivity index (χ3n) is 3.69. The van der Waals surface area contributed by atoms with Crippen LogP contribution in [0.4, 0.5) is 0 Å². The summed E-state index contributed by atoms with van der Waals surface area (Å²) < 4.78 is 10.6. The maximum absolute atomic E-state index is 12.5. The van der Waals surface area contributed by atoms with Crippen molar-refractivity contribution in [2.45, 2.75) is 13.0 Å². The second kappa shape index (κ2) is 6.96. The number of hydrogen-bond acceptors (Lipinski definition) is 4. The third-order valence-corrected chi connectivity index (χ3v) is 3.69. The normalized spacial score (nSPS) is 11.7. The Labute approximate surface area is 139 Å². The Balaban J connectivity index is 1.84. The molecule has 0 fully saturated rings. The monoisotopic (exact) mass is 320 g/mol. The Bertz CT molecular complexity index is 835. The highest BCUT2D eigenvalue weighted by Gasteiger charge is 2.22. The van der Waals surface area contributed by atoms with Crippen molar-refractivity contribution < 1.29 is 18.7 Å². The standard InChI is InChI=1S/C20H16O4/c1-14(15-8-3-2-4-9-15)24-20(22)17-11-6-5-10-16(17)19(21)18-12-7-13-23-18/h2-14H,1H3. The van der Waals surface area contributed by atoms with Crippen LogP contribution in [0.3, 0.4) is 0 Å². The maximum Gasteiger partial charge on any atom is 0.339 e. The highest BCUT2D eigenvalue weighted by atomic mass is 16.5. The van der Waals surface area contributed by atoms with Crippen LogP contribution in [-0.4, -0.2) is 11.8 Å². The summed E-state index contributed by atoms with van der Waals surface area (Å²) in [5.41, 5.74) is 1.38. The van der Waals surface area contributed by atoms with E-state index in [9.17, 15) is 9.59 Å². The predicted molar refractivity (Wildman–Crippen MR) is 88.9 cm³/mol. The Morgan fingerprint density at radius 1 is 0.875 bits per heavy atom. The molecule has 1 heterocycles. The molecular weight excluding hydrogens is 304 g/mol. The minimum atomic E-state index is -0.540. The molecule has 1 unspecified atom stereocenters. The van der Waals surface area contributed by atoms with E-state index in [1.54, 1.807) is 43.3 Å². The number of furan rings is 1. The molecule has 0 saturated heterocycles. The minimum absolute atomic E-state index is 0.186. The molecule has 2 aromatic carbocycles. The van der Waals surface area contributed by atoms with Crippen molar-refractivity contribution in [3.63, 3.8) is 0 Å². The first-order valence-electron chi connectivity index (χ1n) is 7.60. The van der Waals surface area contributed by atoms with Crippen LogP contribution in [0.5, 0.6) is 0 Å². The van der Waals surface area contributed by atoms with Gasteiger partial charge in [-0.15, -0.1) is 0 Å². The predicted octanol–water partition coefficient (Wildman–Crippen LogP) is 4.43. The fourth-order valence-electron chi connectivity index (χ4n) is 2.42. The molecule has 4 nitrogen and oxygen atoms in total. The summed E-state index contributed by atoms with van der Waals surface area (Å²) in [7, 11) is 0. The van der Waals surface area contributed by atoms with Gasteiger partial charge >= 0.3 is 5.97 Å². The first kappa shape index (κ1) is 15.7. The van der Waals surface area contributed by atoms with Crippen LogP contribution >= 0.6 is 0 Å². The average molecular weight is 320 g/mol. The summed E-state index contributed by atoms with van der Waals surface area (Å²) in [4.78, 5) is 25.0. The van der Waals surface area contributed by atoms with Gasteiger partial charge in [0, 0.05) is 5.56 Å². The molecule has 0 spiro atoms. The van der Waals surface area contributed by atoms with Crippen molar-refractivity contribution in [2.75, 3.05) is 0 Å². The lowest BCUT2D eigenvalue weighted by atomic mass is 10.0. The zero-order valence-corrected chi connectivity index (χ0v) is 13.1. The van der Waals surface area contributed by atoms with Crippen molar-refractivity contribution in [2.24, 2.45) is 0 Å². The highest BCUT2D eigenvalue weighted by molar-refractivity contribution is 6.13. The largest absolute Gasteiger partial charge is 0.461 e. The molecule has 120 valence electrons. The number of benzene rings is 2. The van der Waals surface area contributed by atoms with Gasteiger partial charge in [-0.2, -0.15) is 0 Å². The van der Waals surface area contributed by atoms with Crippen LogP contribution in [0, 0.1) is 0 Å². The fraction of sp³-hybridized carbons (Fsp3) is 0.100. The molecule has 0 saturated carbocycles. The quantitative estimate of drug-likeness (QED) is 0.515. The molecule has 1 aromatic heterocycles. The van der Waals surface area contributed by atoms with E-state index in [4.69, 9.17) is 9.15 Å². The topological polar surface area (TPSA) is 56.5 Å². The number of hydrogen-bond donors (Lipinski definition) is 0. The number of carbonyl (C=O) groups excluding carboxylic acids is 2. The van der Waals surface area contributed by atoms with Gasteiger partial charge < -0.3 is 9.15 Å². The number of ketones is 1. The van der Waals surface area contributed by atoms with Gasteiger partial charge in [-0.1, -0.05) is 48.5 Å². The lowest BCUT2D eigenvalue weighted by molar-refractivity contribution is 0.0335. The first-order valence-corrected chi connectivity index (χ1v) is 7.60. The Hall–Kier alpha value is -3.14. The summed E-state index contributed by atoms with van der Waals surface area (Å²) in [5, 5.41) is 0. The molecular formula is C20H16O4. The first-order chi connectivity index (χ1) is 11.7. The Morgan fingerprint density at radius 3 is 2.21 bits per heavy atom. The van der Waals surface area contributed by atoms with Crippen molar-refractivity contribution in [3.8, 4) is 0 Å². The molecule has 3 rings (SSSR count). The van der Waals surface area contributed by atoms with E-state index < -0.39 is 12.1 Å². The molecule has 0 aliphatic carbocycles. The molecule has 0 radical (unpaired) electrons. The molecule has 0 bridgehead atoms. The van der Waals surface area contributed by atoms with E-state index in [0.29, 0.717) is 0 Å². The van der Waals surface area contributed by atoms with Gasteiger partial charge in [0.25, 0.3) is 0 Å². The molecule has 4 heteroatoms. The van der Waals surface area contributed by atoms with Gasteiger partial charge in [-0.25, -0.2) is 4.79 Å². The molecule has 0 aliphatic rings. The van der Waals surface area contributed by atoms with E-state index in [1.807, 2.05) is 30.3 Å². The maximum atomic E-state index is 12.5. The number of esters is 1. The van der Waals surface area contributed by atoms with Gasteiger partial charge in [0.05, 0.1) is 11.8 Å². The highest BCUT2D eigenvalue weighted by Crippen LogP contribution is 2.21. The number of ether oxygens (including phenoxy) is 1. The minimum Gasteiger partial charge on any atom is -0.461 e. The van der Waals surface area contributed by atoms with Crippen LogP contribution in [0.15, 0.2) is 77.4 Å². The summed E-state index contributed by atoms with van der Waals surface area (Å²) >= 11 is 0. The zero-order chi connectivity index (χ0) is 16.9. The van der Waals surface area contributed by atoms with Gasteiger partial charge in [0.1, 0.15) is 6.10 Å². The van der Waals surface area contributed by atoms with E-state index in [0.717, 1.165) is 5.56 Å². The second-order valence-electron chi connectivity index (χ2n) is 5.31. The van der Waals surface area contributed by atoms with Crippen LogP contribution in [0.25, 0.3) is 0 Å². The van der Waals surface area contributed by atoms with E-state index in [1.165, 1.54) is 6.26 Å². The number of rotatable bonds is 5. The van der Waals surface area contributed by atoms with Gasteiger partial charge in [-0.05, 0) is 30.7 Å². The van der Waals surface area contributed by atoms with Crippen LogP contribution in [0.2, 0.25) is 0 Å². The third kappa shape index (κ3) is 3.27. The van der Waals surface area contributed by atoms with Gasteiger partial charge in [-0.3, -0.25) is 4.79 Å². The molecule has 0 N–H and O–H groups in total. The lowest BCUT2D eigenvalue weighted by Crippen LogP contribution is -2.14. The lowest BCUT2D eigenvalue weighted by Gasteiger charge is -2.14. The summed E-state index contributed by atoms with van der Waals surface area (Å²) in [6.45, 7) is 1.80. The van der Waals surface area contributed by atoms with Crippen molar-refractivity contribution >= 4 is 11.8 Å². The van der Waals surface area contributed by atoms with E-state index in [-0.39, 0.29) is 22.7 Å². The molecule has 3 aromatic rings. The van der Waals surface area contributed by atoms with Crippen LogP contribution < -0.4 is 0 Å². The van der Waals surface area contributed by atoms with E-state index >= 15 is 0 Å². The molecule has 0 amide bonds. The van der Waals surface area contributed by atoms with Crippen molar-refractivity contribution in [1.82, 2.24) is 0 Å². The smallest absolute Gasteiger partial charge is 0.339 e. The number of carbonyl (C=O) groups is 2.